The van der Waals surface area contributed by atoms with Gasteiger partial charge in [0.2, 0.25) is 5.91 Å². The zero-order chi connectivity index (χ0) is 13.5. The molecule has 100 valence electrons. The van der Waals surface area contributed by atoms with Gasteiger partial charge in [-0.2, -0.15) is 0 Å². The molecule has 3 heteroatoms. The van der Waals surface area contributed by atoms with Gasteiger partial charge in [-0.25, -0.2) is 0 Å². The van der Waals surface area contributed by atoms with Crippen LogP contribution in [-0.2, 0) is 11.2 Å². The minimum absolute atomic E-state index is 0.0315. The molecular formula is C15H23NO2. The van der Waals surface area contributed by atoms with Gasteiger partial charge in [0.15, 0.2) is 0 Å². The standard InChI is InChI=1S/C15H23NO2/c1-4-14(7-8-17)16-15(18)10-13-9-11(2)5-6-12(13)3/h5-6,9,14,17H,4,7-8,10H2,1-3H3,(H,16,18). The normalized spacial score (nSPS) is 12.2. The Hall–Kier alpha value is -1.35. The predicted molar refractivity (Wildman–Crippen MR) is 73.5 cm³/mol. The molecule has 1 amide bonds. The number of aliphatic hydroxyl groups is 1. The summed E-state index contributed by atoms with van der Waals surface area (Å²) < 4.78 is 0. The van der Waals surface area contributed by atoms with Gasteiger partial charge in [0, 0.05) is 12.6 Å². The minimum atomic E-state index is 0.0315. The molecule has 0 heterocycles. The molecular weight excluding hydrogens is 226 g/mol. The Labute approximate surface area is 109 Å². The largest absolute Gasteiger partial charge is 0.396 e. The Kier molecular flexibility index (Phi) is 5.86. The Balaban J connectivity index is 2.61. The third kappa shape index (κ3) is 4.49. The van der Waals surface area contributed by atoms with E-state index in [0.717, 1.165) is 17.5 Å². The van der Waals surface area contributed by atoms with E-state index in [4.69, 9.17) is 5.11 Å². The highest BCUT2D eigenvalue weighted by molar-refractivity contribution is 5.79. The molecule has 0 aliphatic heterocycles. The molecule has 1 aromatic rings. The molecule has 0 fully saturated rings. The Morgan fingerprint density at radius 1 is 1.39 bits per heavy atom. The molecule has 1 aromatic carbocycles. The first-order chi connectivity index (χ1) is 8.56. The van der Waals surface area contributed by atoms with Crippen LogP contribution in [0, 0.1) is 13.8 Å². The number of amides is 1. The summed E-state index contributed by atoms with van der Waals surface area (Å²) in [7, 11) is 0. The lowest BCUT2D eigenvalue weighted by molar-refractivity contribution is -0.121. The maximum atomic E-state index is 11.9. The number of aryl methyl sites for hydroxylation is 2. The maximum Gasteiger partial charge on any atom is 0.224 e. The van der Waals surface area contributed by atoms with Crippen molar-refractivity contribution in [3.8, 4) is 0 Å². The van der Waals surface area contributed by atoms with Crippen LogP contribution in [0.25, 0.3) is 0 Å². The molecule has 0 spiro atoms. The molecule has 3 nitrogen and oxygen atoms in total. The number of hydrogen-bond donors (Lipinski definition) is 2. The number of rotatable bonds is 6. The number of benzene rings is 1. The third-order valence-corrected chi connectivity index (χ3v) is 3.19. The zero-order valence-corrected chi connectivity index (χ0v) is 11.5. The van der Waals surface area contributed by atoms with Gasteiger partial charge >= 0.3 is 0 Å². The van der Waals surface area contributed by atoms with Gasteiger partial charge in [0.05, 0.1) is 6.42 Å². The minimum Gasteiger partial charge on any atom is -0.396 e. The summed E-state index contributed by atoms with van der Waals surface area (Å²) in [6, 6.07) is 6.23. The second-order valence-corrected chi connectivity index (χ2v) is 4.79. The van der Waals surface area contributed by atoms with Crippen molar-refractivity contribution in [3.05, 3.63) is 34.9 Å². The van der Waals surface area contributed by atoms with Crippen molar-refractivity contribution in [2.24, 2.45) is 0 Å². The van der Waals surface area contributed by atoms with Gasteiger partial charge in [-0.1, -0.05) is 30.7 Å². The smallest absolute Gasteiger partial charge is 0.224 e. The lowest BCUT2D eigenvalue weighted by Gasteiger charge is -2.16. The second-order valence-electron chi connectivity index (χ2n) is 4.79. The molecule has 0 saturated heterocycles. The Morgan fingerprint density at radius 3 is 2.72 bits per heavy atom. The van der Waals surface area contributed by atoms with E-state index in [9.17, 15) is 4.79 Å². The van der Waals surface area contributed by atoms with Gasteiger partial charge < -0.3 is 10.4 Å². The molecule has 18 heavy (non-hydrogen) atoms. The van der Waals surface area contributed by atoms with E-state index in [1.54, 1.807) is 0 Å². The average molecular weight is 249 g/mol. The summed E-state index contributed by atoms with van der Waals surface area (Å²) >= 11 is 0. The number of hydrogen-bond acceptors (Lipinski definition) is 2. The molecule has 0 saturated carbocycles. The Bertz CT molecular complexity index is 401. The van der Waals surface area contributed by atoms with E-state index in [1.165, 1.54) is 5.56 Å². The highest BCUT2D eigenvalue weighted by Gasteiger charge is 2.11. The average Bonchev–Trinajstić information content (AvgIpc) is 2.33. The van der Waals surface area contributed by atoms with Gasteiger partial charge in [-0.3, -0.25) is 4.79 Å². The number of aliphatic hydroxyl groups excluding tert-OH is 1. The molecule has 0 radical (unpaired) electrons. The molecule has 2 N–H and O–H groups in total. The fraction of sp³-hybridized carbons (Fsp3) is 0.533. The van der Waals surface area contributed by atoms with Crippen LogP contribution in [0.4, 0.5) is 0 Å². The summed E-state index contributed by atoms with van der Waals surface area (Å²) in [5, 5.41) is 11.9. The summed E-state index contributed by atoms with van der Waals surface area (Å²) in [6.07, 6.45) is 1.88. The van der Waals surface area contributed by atoms with E-state index in [-0.39, 0.29) is 18.6 Å². The van der Waals surface area contributed by atoms with E-state index in [2.05, 4.69) is 17.4 Å². The summed E-state index contributed by atoms with van der Waals surface area (Å²) in [5.41, 5.74) is 3.39. The summed E-state index contributed by atoms with van der Waals surface area (Å²) in [4.78, 5) is 11.9. The van der Waals surface area contributed by atoms with Gasteiger partial charge in [0.1, 0.15) is 0 Å². The van der Waals surface area contributed by atoms with Crippen molar-refractivity contribution in [2.75, 3.05) is 6.61 Å². The molecule has 0 bridgehead atoms. The van der Waals surface area contributed by atoms with E-state index < -0.39 is 0 Å². The number of carbonyl (C=O) groups excluding carboxylic acids is 1. The number of nitrogens with one attached hydrogen (secondary N) is 1. The van der Waals surface area contributed by atoms with E-state index in [0.29, 0.717) is 12.8 Å². The van der Waals surface area contributed by atoms with Crippen LogP contribution in [0.3, 0.4) is 0 Å². The number of carbonyl (C=O) groups is 1. The van der Waals surface area contributed by atoms with Crippen LogP contribution in [0.2, 0.25) is 0 Å². The molecule has 0 aliphatic rings. The maximum absolute atomic E-state index is 11.9. The van der Waals surface area contributed by atoms with Crippen molar-refractivity contribution in [3.63, 3.8) is 0 Å². The lowest BCUT2D eigenvalue weighted by Crippen LogP contribution is -2.36. The predicted octanol–water partition coefficient (Wildman–Crippen LogP) is 2.12. The highest BCUT2D eigenvalue weighted by Crippen LogP contribution is 2.11. The quantitative estimate of drug-likeness (QED) is 0.811. The van der Waals surface area contributed by atoms with Crippen molar-refractivity contribution in [1.29, 1.82) is 0 Å². The molecule has 0 aromatic heterocycles. The van der Waals surface area contributed by atoms with Crippen LogP contribution in [0.1, 0.15) is 36.5 Å². The monoisotopic (exact) mass is 249 g/mol. The summed E-state index contributed by atoms with van der Waals surface area (Å²) in [6.45, 7) is 6.18. The first-order valence-corrected chi connectivity index (χ1v) is 6.53. The topological polar surface area (TPSA) is 49.3 Å². The third-order valence-electron chi connectivity index (χ3n) is 3.19. The second kappa shape index (κ2) is 7.17. The fourth-order valence-corrected chi connectivity index (χ4v) is 1.98. The lowest BCUT2D eigenvalue weighted by atomic mass is 10.0. The van der Waals surface area contributed by atoms with Gasteiger partial charge in [0.25, 0.3) is 0 Å². The van der Waals surface area contributed by atoms with Crippen molar-refractivity contribution in [1.82, 2.24) is 5.32 Å². The molecule has 1 atom stereocenters. The van der Waals surface area contributed by atoms with Crippen LogP contribution in [-0.4, -0.2) is 23.7 Å². The van der Waals surface area contributed by atoms with Crippen molar-refractivity contribution in [2.45, 2.75) is 46.1 Å². The van der Waals surface area contributed by atoms with Crippen LogP contribution in [0.5, 0.6) is 0 Å². The highest BCUT2D eigenvalue weighted by atomic mass is 16.3. The zero-order valence-electron chi connectivity index (χ0n) is 11.5. The van der Waals surface area contributed by atoms with E-state index in [1.807, 2.05) is 26.8 Å². The van der Waals surface area contributed by atoms with Gasteiger partial charge in [-0.05, 0) is 37.8 Å². The van der Waals surface area contributed by atoms with Crippen LogP contribution in [0.15, 0.2) is 18.2 Å². The van der Waals surface area contributed by atoms with Crippen LogP contribution >= 0.6 is 0 Å². The molecule has 1 rings (SSSR count). The summed E-state index contributed by atoms with van der Waals surface area (Å²) in [5.74, 6) is 0.0315. The first kappa shape index (κ1) is 14.7. The molecule has 1 unspecified atom stereocenters. The Morgan fingerprint density at radius 2 is 2.11 bits per heavy atom. The van der Waals surface area contributed by atoms with Crippen LogP contribution < -0.4 is 5.32 Å². The van der Waals surface area contributed by atoms with Crippen molar-refractivity contribution < 1.29 is 9.90 Å². The SMILES string of the molecule is CCC(CCO)NC(=O)Cc1cc(C)ccc1C. The van der Waals surface area contributed by atoms with Gasteiger partial charge in [-0.15, -0.1) is 0 Å². The van der Waals surface area contributed by atoms with Crippen molar-refractivity contribution >= 4 is 5.91 Å². The first-order valence-electron chi connectivity index (χ1n) is 6.53. The fourth-order valence-electron chi connectivity index (χ4n) is 1.98. The molecule has 0 aliphatic carbocycles. The van der Waals surface area contributed by atoms with E-state index >= 15 is 0 Å².